The van der Waals surface area contributed by atoms with Gasteiger partial charge in [-0.15, -0.1) is 0 Å². The van der Waals surface area contributed by atoms with Gasteiger partial charge < -0.3 is 4.74 Å². The Labute approximate surface area is 83.1 Å². The standard InChI is InChI=1S/C11H14FNO/c1-8-7-14-11(2,13-8)9-5-3-4-6-10(9)12/h3-6,8,13H,7H2,1-2H3. The fourth-order valence-corrected chi connectivity index (χ4v) is 1.85. The van der Waals surface area contributed by atoms with E-state index in [4.69, 9.17) is 4.74 Å². The number of benzene rings is 1. The first kappa shape index (κ1) is 9.62. The number of hydrogen-bond acceptors (Lipinski definition) is 2. The summed E-state index contributed by atoms with van der Waals surface area (Å²) < 4.78 is 19.1. The molecule has 1 aromatic rings. The predicted molar refractivity (Wildman–Crippen MR) is 52.3 cm³/mol. The number of ether oxygens (including phenoxy) is 1. The van der Waals surface area contributed by atoms with Gasteiger partial charge in [0, 0.05) is 11.6 Å². The topological polar surface area (TPSA) is 21.3 Å². The maximum Gasteiger partial charge on any atom is 0.145 e. The molecule has 2 unspecified atom stereocenters. The zero-order valence-corrected chi connectivity index (χ0v) is 8.38. The van der Waals surface area contributed by atoms with E-state index in [-0.39, 0.29) is 11.9 Å². The summed E-state index contributed by atoms with van der Waals surface area (Å²) in [6.45, 7) is 4.49. The Morgan fingerprint density at radius 2 is 2.21 bits per heavy atom. The van der Waals surface area contributed by atoms with Crippen molar-refractivity contribution in [2.75, 3.05) is 6.61 Å². The average Bonchev–Trinajstić information content (AvgIpc) is 2.48. The summed E-state index contributed by atoms with van der Waals surface area (Å²) >= 11 is 0. The minimum absolute atomic E-state index is 0.225. The van der Waals surface area contributed by atoms with E-state index >= 15 is 0 Å². The van der Waals surface area contributed by atoms with Gasteiger partial charge in [-0.25, -0.2) is 4.39 Å². The van der Waals surface area contributed by atoms with Crippen LogP contribution in [0.2, 0.25) is 0 Å². The second kappa shape index (κ2) is 3.33. The van der Waals surface area contributed by atoms with Crippen molar-refractivity contribution in [3.05, 3.63) is 35.6 Å². The number of rotatable bonds is 1. The molecule has 1 heterocycles. The molecule has 0 amide bonds. The van der Waals surface area contributed by atoms with Crippen LogP contribution in [0.25, 0.3) is 0 Å². The van der Waals surface area contributed by atoms with Crippen molar-refractivity contribution < 1.29 is 9.13 Å². The van der Waals surface area contributed by atoms with Gasteiger partial charge in [0.15, 0.2) is 0 Å². The van der Waals surface area contributed by atoms with Crippen molar-refractivity contribution in [3.63, 3.8) is 0 Å². The van der Waals surface area contributed by atoms with E-state index in [2.05, 4.69) is 5.32 Å². The lowest BCUT2D eigenvalue weighted by Gasteiger charge is -2.24. The van der Waals surface area contributed by atoms with E-state index in [1.165, 1.54) is 6.07 Å². The van der Waals surface area contributed by atoms with Crippen LogP contribution in [0.4, 0.5) is 4.39 Å². The second-order valence-electron chi connectivity index (χ2n) is 3.87. The molecule has 2 atom stereocenters. The molecule has 1 aliphatic rings. The first-order valence-electron chi connectivity index (χ1n) is 4.78. The van der Waals surface area contributed by atoms with Gasteiger partial charge in [-0.1, -0.05) is 18.2 Å². The van der Waals surface area contributed by atoms with Crippen molar-refractivity contribution in [2.45, 2.75) is 25.6 Å². The molecule has 1 aliphatic heterocycles. The van der Waals surface area contributed by atoms with E-state index in [1.807, 2.05) is 19.9 Å². The molecule has 1 saturated heterocycles. The maximum atomic E-state index is 13.5. The fourth-order valence-electron chi connectivity index (χ4n) is 1.85. The van der Waals surface area contributed by atoms with E-state index in [1.54, 1.807) is 12.1 Å². The van der Waals surface area contributed by atoms with E-state index in [0.29, 0.717) is 12.2 Å². The number of hydrogen-bond donors (Lipinski definition) is 1. The van der Waals surface area contributed by atoms with Crippen molar-refractivity contribution in [3.8, 4) is 0 Å². The van der Waals surface area contributed by atoms with Gasteiger partial charge >= 0.3 is 0 Å². The highest BCUT2D eigenvalue weighted by Crippen LogP contribution is 2.29. The van der Waals surface area contributed by atoms with Crippen LogP contribution in [0, 0.1) is 5.82 Å². The average molecular weight is 195 g/mol. The summed E-state index contributed by atoms with van der Waals surface area (Å²) in [4.78, 5) is 0. The molecule has 2 rings (SSSR count). The molecule has 3 heteroatoms. The van der Waals surface area contributed by atoms with Gasteiger partial charge in [0.05, 0.1) is 6.61 Å². The Balaban J connectivity index is 2.35. The third kappa shape index (κ3) is 1.53. The highest BCUT2D eigenvalue weighted by Gasteiger charge is 2.36. The van der Waals surface area contributed by atoms with Crippen LogP contribution >= 0.6 is 0 Å². The van der Waals surface area contributed by atoms with Crippen LogP contribution in [0.5, 0.6) is 0 Å². The molecule has 2 nitrogen and oxygen atoms in total. The Morgan fingerprint density at radius 1 is 1.50 bits per heavy atom. The molecule has 0 saturated carbocycles. The van der Waals surface area contributed by atoms with Crippen LogP contribution < -0.4 is 5.32 Å². The van der Waals surface area contributed by atoms with Crippen molar-refractivity contribution in [2.24, 2.45) is 0 Å². The molecule has 76 valence electrons. The predicted octanol–water partition coefficient (Wildman–Crippen LogP) is 2.01. The first-order valence-corrected chi connectivity index (χ1v) is 4.78. The largest absolute Gasteiger partial charge is 0.355 e. The second-order valence-corrected chi connectivity index (χ2v) is 3.87. The summed E-state index contributed by atoms with van der Waals surface area (Å²) in [5.74, 6) is -0.225. The fraction of sp³-hybridized carbons (Fsp3) is 0.455. The minimum Gasteiger partial charge on any atom is -0.355 e. The van der Waals surface area contributed by atoms with Crippen LogP contribution in [-0.2, 0) is 10.5 Å². The normalized spacial score (nSPS) is 32.1. The lowest BCUT2D eigenvalue weighted by atomic mass is 10.0. The van der Waals surface area contributed by atoms with Gasteiger partial charge in [-0.3, -0.25) is 5.32 Å². The SMILES string of the molecule is CC1COC(C)(c2ccccc2F)N1. The third-order valence-electron chi connectivity index (χ3n) is 2.53. The maximum absolute atomic E-state index is 13.5. The zero-order chi connectivity index (χ0) is 10.2. The smallest absolute Gasteiger partial charge is 0.145 e. The molecule has 0 spiro atoms. The van der Waals surface area contributed by atoms with E-state index in [0.717, 1.165) is 0 Å². The lowest BCUT2D eigenvalue weighted by molar-refractivity contribution is -0.000475. The van der Waals surface area contributed by atoms with Gasteiger partial charge in [0.2, 0.25) is 0 Å². The molecule has 1 N–H and O–H groups in total. The Hall–Kier alpha value is -0.930. The van der Waals surface area contributed by atoms with E-state index < -0.39 is 5.72 Å². The van der Waals surface area contributed by atoms with Crippen LogP contribution in [0.1, 0.15) is 19.4 Å². The van der Waals surface area contributed by atoms with Crippen molar-refractivity contribution in [1.82, 2.24) is 5.32 Å². The molecule has 0 radical (unpaired) electrons. The molecule has 14 heavy (non-hydrogen) atoms. The van der Waals surface area contributed by atoms with Gasteiger partial charge in [0.1, 0.15) is 11.5 Å². The number of nitrogens with one attached hydrogen (secondary N) is 1. The quantitative estimate of drug-likeness (QED) is 0.740. The van der Waals surface area contributed by atoms with Gasteiger partial charge in [0.25, 0.3) is 0 Å². The van der Waals surface area contributed by atoms with Crippen LogP contribution in [0.3, 0.4) is 0 Å². The summed E-state index contributed by atoms with van der Waals surface area (Å²) in [6.07, 6.45) is 0. The molecule has 0 aliphatic carbocycles. The molecular weight excluding hydrogens is 181 g/mol. The van der Waals surface area contributed by atoms with Crippen molar-refractivity contribution >= 4 is 0 Å². The molecule has 0 bridgehead atoms. The molecular formula is C11H14FNO. The third-order valence-corrected chi connectivity index (χ3v) is 2.53. The zero-order valence-electron chi connectivity index (χ0n) is 8.38. The summed E-state index contributed by atoms with van der Waals surface area (Å²) in [5.41, 5.74) is -0.102. The van der Waals surface area contributed by atoms with Gasteiger partial charge in [-0.05, 0) is 19.9 Å². The Kier molecular flexibility index (Phi) is 2.29. The first-order chi connectivity index (χ1) is 6.62. The summed E-state index contributed by atoms with van der Waals surface area (Å²) in [7, 11) is 0. The van der Waals surface area contributed by atoms with Gasteiger partial charge in [-0.2, -0.15) is 0 Å². The monoisotopic (exact) mass is 195 g/mol. The Morgan fingerprint density at radius 3 is 2.79 bits per heavy atom. The minimum atomic E-state index is -0.676. The summed E-state index contributed by atoms with van der Waals surface area (Å²) in [5, 5.41) is 3.23. The van der Waals surface area contributed by atoms with Crippen LogP contribution in [-0.4, -0.2) is 12.6 Å². The Bertz CT molecular complexity index is 342. The number of halogens is 1. The molecule has 1 fully saturated rings. The molecule has 1 aromatic carbocycles. The van der Waals surface area contributed by atoms with Crippen LogP contribution in [0.15, 0.2) is 24.3 Å². The lowest BCUT2D eigenvalue weighted by Crippen LogP contribution is -2.38. The highest BCUT2D eigenvalue weighted by molar-refractivity contribution is 5.24. The molecule has 0 aromatic heterocycles. The highest BCUT2D eigenvalue weighted by atomic mass is 19.1. The van der Waals surface area contributed by atoms with Crippen molar-refractivity contribution in [1.29, 1.82) is 0 Å². The summed E-state index contributed by atoms with van der Waals surface area (Å²) in [6, 6.07) is 6.97. The van der Waals surface area contributed by atoms with E-state index in [9.17, 15) is 4.39 Å².